The van der Waals surface area contributed by atoms with Crippen LogP contribution in [-0.2, 0) is 0 Å². The summed E-state index contributed by atoms with van der Waals surface area (Å²) in [7, 11) is 0. The number of hydrogen-bond donors (Lipinski definition) is 2. The van der Waals surface area contributed by atoms with Crippen molar-refractivity contribution in [1.82, 2.24) is 10.2 Å². The number of piperidine rings is 1. The minimum absolute atomic E-state index is 0.0553. The minimum atomic E-state index is -0.0553. The fourth-order valence-corrected chi connectivity index (χ4v) is 3.16. The van der Waals surface area contributed by atoms with Gasteiger partial charge in [-0.2, -0.15) is 0 Å². The average Bonchev–Trinajstić information content (AvgIpc) is 2.47. The van der Waals surface area contributed by atoms with Gasteiger partial charge in [-0.05, 0) is 66.1 Å². The van der Waals surface area contributed by atoms with E-state index in [0.717, 1.165) is 36.0 Å². The first-order valence-corrected chi connectivity index (χ1v) is 8.56. The molecule has 1 aromatic rings. The smallest absolute Gasteiger partial charge is 0.257 e. The Balaban J connectivity index is 2.03. The number of nitrogens with zero attached hydrogens (tertiary/aromatic N) is 1. The van der Waals surface area contributed by atoms with Gasteiger partial charge in [0.15, 0.2) is 0 Å². The van der Waals surface area contributed by atoms with Crippen LogP contribution >= 0.6 is 22.6 Å². The number of amides is 1. The zero-order valence-corrected chi connectivity index (χ0v) is 14.8. The van der Waals surface area contributed by atoms with Gasteiger partial charge in [-0.1, -0.05) is 13.8 Å². The molecule has 0 radical (unpaired) electrons. The highest BCUT2D eigenvalue weighted by Gasteiger charge is 2.26. The molecule has 1 unspecified atom stereocenters. The highest BCUT2D eigenvalue weighted by Crippen LogP contribution is 2.24. The molecule has 2 N–H and O–H groups in total. The lowest BCUT2D eigenvalue weighted by Gasteiger charge is -2.33. The molecule has 5 heteroatoms. The maximum Gasteiger partial charge on any atom is 0.257 e. The normalized spacial score (nSPS) is 19.0. The average molecular weight is 402 g/mol. The predicted molar refractivity (Wildman–Crippen MR) is 92.6 cm³/mol. The Morgan fingerprint density at radius 3 is 3.00 bits per heavy atom. The van der Waals surface area contributed by atoms with Gasteiger partial charge in [0, 0.05) is 22.7 Å². The summed E-state index contributed by atoms with van der Waals surface area (Å²) in [6.07, 6.45) is 2.18. The third kappa shape index (κ3) is 4.57. The van der Waals surface area contributed by atoms with Crippen LogP contribution in [0.2, 0.25) is 0 Å². The summed E-state index contributed by atoms with van der Waals surface area (Å²) in [6, 6.07) is 5.62. The number of phenols is 1. The first kappa shape index (κ1) is 16.5. The van der Waals surface area contributed by atoms with Crippen LogP contribution in [0.25, 0.3) is 0 Å². The number of carbonyl (C=O) groups is 1. The molecule has 4 nitrogen and oxygen atoms in total. The van der Waals surface area contributed by atoms with E-state index in [1.165, 1.54) is 0 Å². The number of halogens is 1. The third-order valence-corrected chi connectivity index (χ3v) is 4.48. The fourth-order valence-electron chi connectivity index (χ4n) is 2.67. The number of aromatic hydroxyl groups is 1. The van der Waals surface area contributed by atoms with Gasteiger partial charge in [0.1, 0.15) is 5.75 Å². The maximum atomic E-state index is 12.6. The predicted octanol–water partition coefficient (Wildman–Crippen LogP) is 2.85. The minimum Gasteiger partial charge on any atom is -0.507 e. The molecule has 0 spiro atoms. The first-order chi connectivity index (χ1) is 9.97. The summed E-state index contributed by atoms with van der Waals surface area (Å²) in [4.78, 5) is 14.5. The van der Waals surface area contributed by atoms with Crippen LogP contribution in [0, 0.1) is 9.49 Å². The summed E-state index contributed by atoms with van der Waals surface area (Å²) in [6.45, 7) is 6.76. The number of benzene rings is 1. The van der Waals surface area contributed by atoms with Crippen molar-refractivity contribution < 1.29 is 9.90 Å². The lowest BCUT2D eigenvalue weighted by Crippen LogP contribution is -2.43. The monoisotopic (exact) mass is 402 g/mol. The van der Waals surface area contributed by atoms with Crippen LogP contribution in [-0.4, -0.2) is 41.6 Å². The van der Waals surface area contributed by atoms with Gasteiger partial charge in [0.2, 0.25) is 0 Å². The van der Waals surface area contributed by atoms with Gasteiger partial charge in [0.05, 0.1) is 5.56 Å². The van der Waals surface area contributed by atoms with E-state index in [-0.39, 0.29) is 11.7 Å². The summed E-state index contributed by atoms with van der Waals surface area (Å²) < 4.78 is 0.962. The van der Waals surface area contributed by atoms with Crippen molar-refractivity contribution in [1.29, 1.82) is 0 Å². The van der Waals surface area contributed by atoms with Crippen LogP contribution in [0.4, 0.5) is 0 Å². The largest absolute Gasteiger partial charge is 0.507 e. The second-order valence-corrected chi connectivity index (χ2v) is 7.23. The van der Waals surface area contributed by atoms with E-state index in [0.29, 0.717) is 17.5 Å². The summed E-state index contributed by atoms with van der Waals surface area (Å²) in [5.41, 5.74) is 0.416. The number of likely N-dealkylation sites (tertiary alicyclic amines) is 1. The third-order valence-electron chi connectivity index (χ3n) is 3.81. The second kappa shape index (κ2) is 7.45. The Bertz CT molecular complexity index is 505. The van der Waals surface area contributed by atoms with Gasteiger partial charge in [0.25, 0.3) is 5.91 Å². The fraction of sp³-hybridized carbons (Fsp3) is 0.562. The van der Waals surface area contributed by atoms with Gasteiger partial charge in [-0.3, -0.25) is 4.79 Å². The Kier molecular flexibility index (Phi) is 5.87. The van der Waals surface area contributed by atoms with Gasteiger partial charge in [-0.25, -0.2) is 0 Å². The molecule has 1 heterocycles. The van der Waals surface area contributed by atoms with Crippen molar-refractivity contribution in [3.63, 3.8) is 0 Å². The molecule has 2 rings (SSSR count). The van der Waals surface area contributed by atoms with E-state index in [1.807, 2.05) is 4.90 Å². The zero-order chi connectivity index (χ0) is 15.4. The van der Waals surface area contributed by atoms with Crippen molar-refractivity contribution in [3.05, 3.63) is 27.3 Å². The van der Waals surface area contributed by atoms with Gasteiger partial charge in [-0.15, -0.1) is 0 Å². The molecule has 1 aromatic carbocycles. The molecule has 0 aliphatic carbocycles. The lowest BCUT2D eigenvalue weighted by molar-refractivity contribution is 0.0669. The van der Waals surface area contributed by atoms with Gasteiger partial charge < -0.3 is 15.3 Å². The van der Waals surface area contributed by atoms with Crippen LogP contribution in [0.3, 0.4) is 0 Å². The van der Waals surface area contributed by atoms with Gasteiger partial charge >= 0.3 is 0 Å². The summed E-state index contributed by atoms with van der Waals surface area (Å²) >= 11 is 2.16. The standard InChI is InChI=1S/C16H23IN2O2/c1-11(2)18-9-12-4-3-7-19(10-12)16(21)14-8-13(17)5-6-15(14)20/h5-6,8,11-12,18,20H,3-4,7,9-10H2,1-2H3. The summed E-state index contributed by atoms with van der Waals surface area (Å²) in [5, 5.41) is 13.4. The molecule has 1 saturated heterocycles. The van der Waals surface area contributed by atoms with Crippen molar-refractivity contribution >= 4 is 28.5 Å². The number of hydrogen-bond acceptors (Lipinski definition) is 3. The quantitative estimate of drug-likeness (QED) is 0.762. The Morgan fingerprint density at radius 2 is 2.29 bits per heavy atom. The van der Waals surface area contributed by atoms with Crippen molar-refractivity contribution in [2.45, 2.75) is 32.7 Å². The first-order valence-electron chi connectivity index (χ1n) is 7.48. The van der Waals surface area contributed by atoms with Crippen LogP contribution in [0.5, 0.6) is 5.75 Å². The van der Waals surface area contributed by atoms with Crippen LogP contribution in [0.1, 0.15) is 37.0 Å². The molecule has 21 heavy (non-hydrogen) atoms. The molecule has 116 valence electrons. The highest BCUT2D eigenvalue weighted by atomic mass is 127. The molecular formula is C16H23IN2O2. The molecule has 1 amide bonds. The number of rotatable bonds is 4. The molecule has 1 aliphatic heterocycles. The van der Waals surface area contributed by atoms with Crippen LogP contribution in [0.15, 0.2) is 18.2 Å². The van der Waals surface area contributed by atoms with Crippen LogP contribution < -0.4 is 5.32 Å². The molecule has 1 aliphatic rings. The molecule has 0 bridgehead atoms. The van der Waals surface area contributed by atoms with E-state index in [2.05, 4.69) is 41.8 Å². The highest BCUT2D eigenvalue weighted by molar-refractivity contribution is 14.1. The van der Waals surface area contributed by atoms with Crippen molar-refractivity contribution in [2.24, 2.45) is 5.92 Å². The van der Waals surface area contributed by atoms with E-state index < -0.39 is 0 Å². The number of phenolic OH excluding ortho intramolecular Hbond substituents is 1. The number of nitrogens with one attached hydrogen (secondary N) is 1. The molecular weight excluding hydrogens is 379 g/mol. The second-order valence-electron chi connectivity index (χ2n) is 5.98. The summed E-state index contributed by atoms with van der Waals surface area (Å²) in [5.74, 6) is 0.512. The molecule has 1 fully saturated rings. The van der Waals surface area contributed by atoms with E-state index >= 15 is 0 Å². The molecule has 1 atom stereocenters. The van der Waals surface area contributed by atoms with Crippen molar-refractivity contribution in [2.75, 3.05) is 19.6 Å². The molecule has 0 aromatic heterocycles. The maximum absolute atomic E-state index is 12.6. The lowest BCUT2D eigenvalue weighted by atomic mass is 9.97. The SMILES string of the molecule is CC(C)NCC1CCCN(C(=O)c2cc(I)ccc2O)C1. The number of carbonyl (C=O) groups excluding carboxylic acids is 1. The van der Waals surface area contributed by atoms with E-state index in [1.54, 1.807) is 18.2 Å². The van der Waals surface area contributed by atoms with Crippen molar-refractivity contribution in [3.8, 4) is 5.75 Å². The van der Waals surface area contributed by atoms with E-state index in [9.17, 15) is 9.90 Å². The van der Waals surface area contributed by atoms with E-state index in [4.69, 9.17) is 0 Å². The molecule has 0 saturated carbocycles. The Hall–Kier alpha value is -0.820. The Morgan fingerprint density at radius 1 is 1.52 bits per heavy atom. The topological polar surface area (TPSA) is 52.6 Å². The Labute approximate surface area is 140 Å². The zero-order valence-electron chi connectivity index (χ0n) is 12.6.